The van der Waals surface area contributed by atoms with Crippen LogP contribution in [0.4, 0.5) is 4.39 Å². The number of aliphatic hydroxyl groups is 3. The third-order valence-corrected chi connectivity index (χ3v) is 19.2. The minimum atomic E-state index is -0.678. The van der Waals surface area contributed by atoms with E-state index in [1.54, 1.807) is 45.0 Å². The van der Waals surface area contributed by atoms with Gasteiger partial charge in [-0.1, -0.05) is 232 Å². The molecule has 0 atom stereocenters. The third-order valence-electron chi connectivity index (χ3n) is 19.2. The number of unbranched alkanes of at least 4 members (excludes halogenated alkanes) is 6. The molecule has 0 saturated carbocycles. The van der Waals surface area contributed by atoms with Gasteiger partial charge in [0.05, 0.1) is 0 Å². The summed E-state index contributed by atoms with van der Waals surface area (Å²) in [4.78, 5) is 72.0. The summed E-state index contributed by atoms with van der Waals surface area (Å²) < 4.78 is 64.8. The fraction of sp³-hybridized carbons (Fsp3) is 0.250. The molecule has 0 aliphatic heterocycles. The molecule has 9 aromatic rings. The van der Waals surface area contributed by atoms with Crippen LogP contribution in [0, 0.1) is 5.82 Å². The Balaban J connectivity index is 0.000000254. The molecule has 0 fully saturated rings. The largest absolute Gasteiger partial charge is 0.461 e. The second-order valence-corrected chi connectivity index (χ2v) is 29.3. The Morgan fingerprint density at radius 2 is 0.626 bits per heavy atom. The summed E-state index contributed by atoms with van der Waals surface area (Å²) in [6, 6.07) is 55.4. The number of benzene rings is 9. The van der Waals surface area contributed by atoms with Gasteiger partial charge in [-0.15, -0.1) is 0 Å². The minimum Gasteiger partial charge on any atom is -0.461 e. The van der Waals surface area contributed by atoms with E-state index >= 15 is 4.39 Å². The SMILES string of the molecule is C=C(C)C(=O)O/C=C/Oc1cc(-c2ccc(CCCCC)cc2)ccc1-c1ccc(CCO)c(OC(=O)C(=C)C)c1.C=C(C)C(=O)O/C=C\Oc1cc(-c2ccc(-c3ccc(CCCCC)cc3)cc2F)c(OC(=O)C(=C)C)cc1CCO.C=CC(=O)Oc1cc(-c2ccc(CCCCC)cc2)ccc1-c1ccc(CCO)c(O/C=C/OC(=O)C(=C)C)c1. The summed E-state index contributed by atoms with van der Waals surface area (Å²) >= 11 is 0. The Morgan fingerprint density at radius 1 is 0.309 bits per heavy atom. The monoisotopic (exact) mass is 1670 g/mol. The van der Waals surface area contributed by atoms with Gasteiger partial charge in [0.15, 0.2) is 0 Å². The van der Waals surface area contributed by atoms with Gasteiger partial charge in [-0.3, -0.25) is 0 Å². The van der Waals surface area contributed by atoms with Crippen molar-refractivity contribution in [3.8, 4) is 101 Å². The quantitative estimate of drug-likeness (QED) is 0.00803. The van der Waals surface area contributed by atoms with Crippen molar-refractivity contribution in [3.05, 3.63) is 326 Å². The van der Waals surface area contributed by atoms with E-state index in [1.165, 1.54) is 112 Å². The van der Waals surface area contributed by atoms with E-state index in [1.807, 2.05) is 72.8 Å². The first-order chi connectivity index (χ1) is 59.2. The number of carbonyl (C=O) groups is 6. The Labute approximate surface area is 721 Å². The lowest BCUT2D eigenvalue weighted by Crippen LogP contribution is -2.10. The predicted octanol–water partition coefficient (Wildman–Crippen LogP) is 23.0. The standard InChI is InChI=1S/C35H37FO6.C35H38O6.C34H36O6/c1-6-7-8-9-25-10-12-26(13-11-25)27-14-15-29(31(36)20-27)30-22-32(40-18-19-41-34(38)23(2)3)28(16-17-37)21-33(30)42-35(39)24(4)5;1-6-7-8-9-26-10-12-27(13-11-26)29-16-17-31(33(22-29)39-20-21-40-34(37)24(2)3)30-15-14-28(18-19-36)32(23-30)41-35(38)25(4)5;1-5-7-8-9-25-10-12-26(13-11-25)28-16-17-30(32(22-28)40-33(36)6-2)29-15-14-27(18-19-35)31(23-29)38-20-21-39-34(37)24(3)4/h10-15,18-22,37H,2,4,6-9,16-17H2,1,3,5H3;10-17,20-23,36H,2,4,6-9,18-19H2,1,3,5H3;6,10-17,20-23,35H,2-3,5,7-9,18-19H2,1,4H3/b19-18-;2*21-20+. The van der Waals surface area contributed by atoms with Crippen molar-refractivity contribution in [1.29, 1.82) is 0 Å². The molecule has 3 N–H and O–H groups in total. The van der Waals surface area contributed by atoms with Gasteiger partial charge in [0.1, 0.15) is 77.9 Å². The molecule has 0 amide bonds. The Hall–Kier alpha value is -13.3. The first kappa shape index (κ1) is 96.8. The molecule has 0 bridgehead atoms. The van der Waals surface area contributed by atoms with Crippen LogP contribution < -0.4 is 28.4 Å². The van der Waals surface area contributed by atoms with Crippen LogP contribution in [0.25, 0.3) is 66.8 Å². The number of hydrogen-bond donors (Lipinski definition) is 3. The Bertz CT molecular complexity index is 5290. The molecule has 9 rings (SSSR count). The van der Waals surface area contributed by atoms with E-state index in [0.29, 0.717) is 58.1 Å². The lowest BCUT2D eigenvalue weighted by atomic mass is 9.96. The maximum absolute atomic E-state index is 15.7. The average molecular weight is 1670 g/mol. The maximum atomic E-state index is 15.7. The highest BCUT2D eigenvalue weighted by atomic mass is 19.1. The second kappa shape index (κ2) is 50.7. The molecule has 123 heavy (non-hydrogen) atoms. The van der Waals surface area contributed by atoms with E-state index < -0.39 is 41.6 Å². The summed E-state index contributed by atoms with van der Waals surface area (Å²) in [5.41, 5.74) is 15.7. The lowest BCUT2D eigenvalue weighted by Gasteiger charge is -2.17. The van der Waals surface area contributed by atoms with Crippen LogP contribution in [0.5, 0.6) is 34.5 Å². The first-order valence-electron chi connectivity index (χ1n) is 41.0. The molecule has 0 spiro atoms. The highest BCUT2D eigenvalue weighted by Gasteiger charge is 2.23. The van der Waals surface area contributed by atoms with E-state index in [-0.39, 0.29) is 76.7 Å². The number of rotatable bonds is 42. The second-order valence-electron chi connectivity index (χ2n) is 29.3. The van der Waals surface area contributed by atoms with Crippen LogP contribution >= 0.6 is 0 Å². The molecule has 0 unspecified atom stereocenters. The average Bonchev–Trinajstić information content (AvgIpc) is 1.42. The molecule has 0 aliphatic carbocycles. The molecule has 0 heterocycles. The van der Waals surface area contributed by atoms with Crippen LogP contribution in [-0.4, -0.2) is 71.0 Å². The van der Waals surface area contributed by atoms with Crippen LogP contribution in [0.1, 0.15) is 147 Å². The van der Waals surface area contributed by atoms with Crippen molar-refractivity contribution in [2.24, 2.45) is 0 Å². The molecule has 19 heteroatoms. The smallest absolute Gasteiger partial charge is 0.338 e. The van der Waals surface area contributed by atoms with Crippen molar-refractivity contribution in [1.82, 2.24) is 0 Å². The van der Waals surface area contributed by atoms with E-state index in [4.69, 9.17) is 42.6 Å². The highest BCUT2D eigenvalue weighted by molar-refractivity contribution is 5.92. The molecule has 642 valence electrons. The number of esters is 6. The van der Waals surface area contributed by atoms with Gasteiger partial charge in [-0.25, -0.2) is 33.2 Å². The zero-order valence-corrected chi connectivity index (χ0v) is 71.6. The topological polar surface area (TPSA) is 246 Å². The van der Waals surface area contributed by atoms with Crippen molar-refractivity contribution in [3.63, 3.8) is 0 Å². The van der Waals surface area contributed by atoms with Gasteiger partial charge in [-0.2, -0.15) is 0 Å². The van der Waals surface area contributed by atoms with Crippen molar-refractivity contribution < 1.29 is 91.1 Å². The normalized spacial score (nSPS) is 10.8. The van der Waals surface area contributed by atoms with Crippen molar-refractivity contribution in [2.75, 3.05) is 19.8 Å². The zero-order valence-electron chi connectivity index (χ0n) is 71.6. The predicted molar refractivity (Wildman–Crippen MR) is 483 cm³/mol. The van der Waals surface area contributed by atoms with Crippen LogP contribution in [0.15, 0.2) is 287 Å². The van der Waals surface area contributed by atoms with Gasteiger partial charge in [0.25, 0.3) is 0 Å². The van der Waals surface area contributed by atoms with Crippen molar-refractivity contribution >= 4 is 35.8 Å². The Morgan fingerprint density at radius 3 is 1.02 bits per heavy atom. The maximum Gasteiger partial charge on any atom is 0.338 e. The molecule has 18 nitrogen and oxygen atoms in total. The van der Waals surface area contributed by atoms with Gasteiger partial charge in [0.2, 0.25) is 0 Å². The fourth-order valence-corrected chi connectivity index (χ4v) is 12.3. The van der Waals surface area contributed by atoms with Crippen LogP contribution in [-0.2, 0) is 81.5 Å². The Kier molecular flexibility index (Phi) is 39.9. The van der Waals surface area contributed by atoms with Crippen LogP contribution in [0.2, 0.25) is 0 Å². The number of aliphatic hydroxyl groups excluding tert-OH is 3. The number of hydrogen-bond acceptors (Lipinski definition) is 18. The van der Waals surface area contributed by atoms with E-state index in [9.17, 15) is 44.1 Å². The molecular weight excluding hydrogens is 1560 g/mol. The molecule has 0 radical (unpaired) electrons. The lowest BCUT2D eigenvalue weighted by molar-refractivity contribution is -0.134. The molecular formula is C104H111FO18. The fourth-order valence-electron chi connectivity index (χ4n) is 12.3. The summed E-state index contributed by atoms with van der Waals surface area (Å²) in [6.45, 7) is 35.3. The van der Waals surface area contributed by atoms with E-state index in [0.717, 1.165) is 107 Å². The number of ether oxygens (including phenoxy) is 9. The highest BCUT2D eigenvalue weighted by Crippen LogP contribution is 2.43. The first-order valence-corrected chi connectivity index (χ1v) is 41.0. The van der Waals surface area contributed by atoms with Gasteiger partial charge < -0.3 is 58.0 Å². The summed E-state index contributed by atoms with van der Waals surface area (Å²) in [5.74, 6) is -2.06. The van der Waals surface area contributed by atoms with E-state index in [2.05, 4.69) is 121 Å². The number of halogens is 1. The van der Waals surface area contributed by atoms with Crippen LogP contribution in [0.3, 0.4) is 0 Å². The summed E-state index contributed by atoms with van der Waals surface area (Å²) in [7, 11) is 0. The zero-order chi connectivity index (χ0) is 89.3. The molecule has 0 aliphatic rings. The van der Waals surface area contributed by atoms with Gasteiger partial charge in [0, 0.05) is 81.6 Å². The molecule has 0 aromatic heterocycles. The van der Waals surface area contributed by atoms with Gasteiger partial charge >= 0.3 is 35.8 Å². The molecule has 0 saturated heterocycles. The summed E-state index contributed by atoms with van der Waals surface area (Å²) in [5, 5.41) is 28.6. The summed E-state index contributed by atoms with van der Waals surface area (Å²) in [6.07, 6.45) is 22.8. The van der Waals surface area contributed by atoms with Crippen molar-refractivity contribution in [2.45, 2.75) is 152 Å². The third kappa shape index (κ3) is 30.7. The van der Waals surface area contributed by atoms with Gasteiger partial charge in [-0.05, 0) is 207 Å². The minimum absolute atomic E-state index is 0.0711. The number of carbonyl (C=O) groups excluding carboxylic acids is 6. The molecule has 9 aromatic carbocycles. The number of aryl methyl sites for hydroxylation is 3.